The standard InChI is InChI=1S/C16H17F2NO3S/c17-14-7-4-8-15(18)13(14)11-23(21,22)19-10-9-16(20)12-5-2-1-3-6-12/h1-8,16,19-20H,9-11H2/t16-/m0/s1. The molecule has 2 aromatic rings. The average Bonchev–Trinajstić information content (AvgIpc) is 2.52. The van der Waals surface area contributed by atoms with Crippen LogP contribution >= 0.6 is 0 Å². The van der Waals surface area contributed by atoms with E-state index >= 15 is 0 Å². The molecular weight excluding hydrogens is 324 g/mol. The highest BCUT2D eigenvalue weighted by Gasteiger charge is 2.18. The number of sulfonamides is 1. The summed E-state index contributed by atoms with van der Waals surface area (Å²) in [7, 11) is -3.90. The van der Waals surface area contributed by atoms with E-state index in [1.165, 1.54) is 6.07 Å². The lowest BCUT2D eigenvalue weighted by Crippen LogP contribution is -2.27. The molecule has 124 valence electrons. The topological polar surface area (TPSA) is 66.4 Å². The molecule has 23 heavy (non-hydrogen) atoms. The Bertz CT molecular complexity index is 731. The molecule has 0 aromatic heterocycles. The summed E-state index contributed by atoms with van der Waals surface area (Å²) in [6, 6.07) is 12.0. The van der Waals surface area contributed by atoms with E-state index < -0.39 is 39.1 Å². The average molecular weight is 341 g/mol. The van der Waals surface area contributed by atoms with Crippen LogP contribution in [0.1, 0.15) is 23.7 Å². The van der Waals surface area contributed by atoms with Crippen molar-refractivity contribution >= 4 is 10.0 Å². The van der Waals surface area contributed by atoms with Crippen molar-refractivity contribution in [2.75, 3.05) is 6.54 Å². The second-order valence-corrected chi connectivity index (χ2v) is 6.88. The molecule has 0 aliphatic heterocycles. The van der Waals surface area contributed by atoms with E-state index in [-0.39, 0.29) is 13.0 Å². The van der Waals surface area contributed by atoms with Gasteiger partial charge in [-0.2, -0.15) is 0 Å². The summed E-state index contributed by atoms with van der Waals surface area (Å²) in [6.07, 6.45) is -0.660. The van der Waals surface area contributed by atoms with Gasteiger partial charge in [0.05, 0.1) is 11.9 Å². The minimum Gasteiger partial charge on any atom is -0.388 e. The van der Waals surface area contributed by atoms with Gasteiger partial charge in [-0.25, -0.2) is 21.9 Å². The molecule has 2 N–H and O–H groups in total. The van der Waals surface area contributed by atoms with Crippen LogP contribution in [0.25, 0.3) is 0 Å². The lowest BCUT2D eigenvalue weighted by Gasteiger charge is -2.12. The van der Waals surface area contributed by atoms with Gasteiger partial charge < -0.3 is 5.11 Å². The molecule has 1 atom stereocenters. The van der Waals surface area contributed by atoms with Crippen molar-refractivity contribution in [1.82, 2.24) is 4.72 Å². The number of aliphatic hydroxyl groups excluding tert-OH is 1. The molecular formula is C16H17F2NO3S. The summed E-state index contributed by atoms with van der Waals surface area (Å²) in [4.78, 5) is 0. The second kappa shape index (κ2) is 7.63. The van der Waals surface area contributed by atoms with E-state index in [1.807, 2.05) is 6.07 Å². The van der Waals surface area contributed by atoms with Gasteiger partial charge in [-0.1, -0.05) is 36.4 Å². The van der Waals surface area contributed by atoms with Gasteiger partial charge in [-0.15, -0.1) is 0 Å². The van der Waals surface area contributed by atoms with Crippen LogP contribution in [0.5, 0.6) is 0 Å². The van der Waals surface area contributed by atoms with E-state index in [2.05, 4.69) is 4.72 Å². The Hall–Kier alpha value is -1.83. The number of hydrogen-bond acceptors (Lipinski definition) is 3. The molecule has 4 nitrogen and oxygen atoms in total. The third-order valence-electron chi connectivity index (χ3n) is 3.32. The van der Waals surface area contributed by atoms with Crippen LogP contribution in [-0.2, 0) is 15.8 Å². The highest BCUT2D eigenvalue weighted by atomic mass is 32.2. The molecule has 0 heterocycles. The predicted molar refractivity (Wildman–Crippen MR) is 83.0 cm³/mol. The molecule has 0 amide bonds. The zero-order valence-electron chi connectivity index (χ0n) is 12.2. The molecule has 0 unspecified atom stereocenters. The van der Waals surface area contributed by atoms with Gasteiger partial charge in [0.2, 0.25) is 10.0 Å². The fourth-order valence-electron chi connectivity index (χ4n) is 2.10. The SMILES string of the molecule is O=S(=O)(Cc1c(F)cccc1F)NCC[C@H](O)c1ccccc1. The van der Waals surface area contributed by atoms with Gasteiger partial charge in [0, 0.05) is 12.1 Å². The summed E-state index contributed by atoms with van der Waals surface area (Å²) >= 11 is 0. The molecule has 0 saturated heterocycles. The van der Waals surface area contributed by atoms with Gasteiger partial charge in [-0.3, -0.25) is 0 Å². The maximum atomic E-state index is 13.5. The fourth-order valence-corrected chi connectivity index (χ4v) is 3.29. The Kier molecular flexibility index (Phi) is 5.81. The molecule has 0 spiro atoms. The van der Waals surface area contributed by atoms with E-state index in [0.29, 0.717) is 5.56 Å². The fraction of sp³-hybridized carbons (Fsp3) is 0.250. The van der Waals surface area contributed by atoms with Crippen molar-refractivity contribution in [1.29, 1.82) is 0 Å². The van der Waals surface area contributed by atoms with E-state index in [4.69, 9.17) is 0 Å². The third kappa shape index (κ3) is 5.09. The zero-order chi connectivity index (χ0) is 16.9. The highest BCUT2D eigenvalue weighted by molar-refractivity contribution is 7.88. The van der Waals surface area contributed by atoms with Crippen LogP contribution in [-0.4, -0.2) is 20.1 Å². The number of rotatable bonds is 7. The number of nitrogens with one attached hydrogen (secondary N) is 1. The summed E-state index contributed by atoms with van der Waals surface area (Å²) in [5.74, 6) is -2.59. The number of halogens is 2. The largest absolute Gasteiger partial charge is 0.388 e. The first kappa shape index (κ1) is 17.5. The first-order valence-electron chi connectivity index (χ1n) is 7.02. The summed E-state index contributed by atoms with van der Waals surface area (Å²) in [5.41, 5.74) is 0.176. The van der Waals surface area contributed by atoms with Gasteiger partial charge in [-0.05, 0) is 24.1 Å². The monoisotopic (exact) mass is 341 g/mol. The normalized spacial score (nSPS) is 13.0. The summed E-state index contributed by atoms with van der Waals surface area (Å²) in [6.45, 7) is -0.0333. The molecule has 2 aromatic carbocycles. The highest BCUT2D eigenvalue weighted by Crippen LogP contribution is 2.17. The predicted octanol–water partition coefficient (Wildman–Crippen LogP) is 2.51. The van der Waals surface area contributed by atoms with Crippen molar-refractivity contribution < 1.29 is 22.3 Å². The van der Waals surface area contributed by atoms with Crippen molar-refractivity contribution in [3.05, 3.63) is 71.3 Å². The van der Waals surface area contributed by atoms with Crippen molar-refractivity contribution in [3.8, 4) is 0 Å². The Morgan fingerprint density at radius 1 is 1.00 bits per heavy atom. The van der Waals surface area contributed by atoms with Crippen LogP contribution < -0.4 is 4.72 Å². The quantitative estimate of drug-likeness (QED) is 0.813. The van der Waals surface area contributed by atoms with E-state index in [9.17, 15) is 22.3 Å². The second-order valence-electron chi connectivity index (χ2n) is 5.07. The number of aliphatic hydroxyl groups is 1. The first-order chi connectivity index (χ1) is 10.9. The smallest absolute Gasteiger partial charge is 0.215 e. The van der Waals surface area contributed by atoms with Crippen molar-refractivity contribution in [2.24, 2.45) is 0 Å². The van der Waals surface area contributed by atoms with Crippen LogP contribution in [0.15, 0.2) is 48.5 Å². The number of hydrogen-bond donors (Lipinski definition) is 2. The first-order valence-corrected chi connectivity index (χ1v) is 8.67. The van der Waals surface area contributed by atoms with E-state index in [0.717, 1.165) is 12.1 Å². The molecule has 0 fully saturated rings. The Morgan fingerprint density at radius 3 is 2.22 bits per heavy atom. The van der Waals surface area contributed by atoms with Gasteiger partial charge in [0.25, 0.3) is 0 Å². The molecule has 0 radical (unpaired) electrons. The van der Waals surface area contributed by atoms with Gasteiger partial charge in [0.15, 0.2) is 0 Å². The molecule has 0 aliphatic rings. The third-order valence-corrected chi connectivity index (χ3v) is 4.63. The lowest BCUT2D eigenvalue weighted by molar-refractivity contribution is 0.169. The minimum atomic E-state index is -3.90. The maximum absolute atomic E-state index is 13.5. The van der Waals surface area contributed by atoms with Crippen molar-refractivity contribution in [2.45, 2.75) is 18.3 Å². The van der Waals surface area contributed by atoms with Crippen molar-refractivity contribution in [3.63, 3.8) is 0 Å². The van der Waals surface area contributed by atoms with Gasteiger partial charge in [0.1, 0.15) is 11.6 Å². The van der Waals surface area contributed by atoms with Gasteiger partial charge >= 0.3 is 0 Å². The Balaban J connectivity index is 1.92. The lowest BCUT2D eigenvalue weighted by atomic mass is 10.1. The molecule has 0 bridgehead atoms. The van der Waals surface area contributed by atoms with Crippen LogP contribution in [0, 0.1) is 11.6 Å². The molecule has 0 saturated carbocycles. The molecule has 0 aliphatic carbocycles. The Labute approximate surface area is 133 Å². The van der Waals surface area contributed by atoms with Crippen LogP contribution in [0.2, 0.25) is 0 Å². The van der Waals surface area contributed by atoms with Crippen LogP contribution in [0.4, 0.5) is 8.78 Å². The van der Waals surface area contributed by atoms with Crippen LogP contribution in [0.3, 0.4) is 0 Å². The molecule has 2 rings (SSSR count). The number of benzene rings is 2. The summed E-state index contributed by atoms with van der Waals surface area (Å²) < 4.78 is 53.0. The zero-order valence-corrected chi connectivity index (χ0v) is 13.1. The Morgan fingerprint density at radius 2 is 1.61 bits per heavy atom. The molecule has 7 heteroatoms. The van der Waals surface area contributed by atoms with E-state index in [1.54, 1.807) is 24.3 Å². The minimum absolute atomic E-state index is 0.0333. The summed E-state index contributed by atoms with van der Waals surface area (Å²) in [5, 5.41) is 9.94. The maximum Gasteiger partial charge on any atom is 0.215 e.